The first-order chi connectivity index (χ1) is 7.17. The maximum Gasteiger partial charge on any atom is 0.222 e. The van der Waals surface area contributed by atoms with Crippen LogP contribution in [0.2, 0.25) is 4.34 Å². The topological polar surface area (TPSA) is 20.3 Å². The van der Waals surface area contributed by atoms with Crippen LogP contribution in [-0.2, 0) is 11.3 Å². The Bertz CT molecular complexity index is 348. The molecule has 0 unspecified atom stereocenters. The van der Waals surface area contributed by atoms with Crippen molar-refractivity contribution in [1.82, 2.24) is 4.90 Å². The molecular formula is C11H14ClNOS. The molecule has 4 heteroatoms. The van der Waals surface area contributed by atoms with Crippen molar-refractivity contribution in [1.29, 1.82) is 0 Å². The number of rotatable bonds is 5. The molecule has 2 nitrogen and oxygen atoms in total. The second-order valence-electron chi connectivity index (χ2n) is 3.12. The van der Waals surface area contributed by atoms with Crippen LogP contribution in [0, 0.1) is 0 Å². The molecule has 15 heavy (non-hydrogen) atoms. The molecule has 0 radical (unpaired) electrons. The summed E-state index contributed by atoms with van der Waals surface area (Å²) in [6.07, 6.45) is 2.26. The molecule has 0 aliphatic carbocycles. The van der Waals surface area contributed by atoms with Crippen LogP contribution in [0.3, 0.4) is 0 Å². The Kier molecular flexibility index (Phi) is 4.85. The van der Waals surface area contributed by atoms with Crippen LogP contribution in [0.1, 0.15) is 18.2 Å². The molecular weight excluding hydrogens is 230 g/mol. The molecule has 0 aliphatic heterocycles. The van der Waals surface area contributed by atoms with Crippen molar-refractivity contribution in [2.24, 2.45) is 0 Å². The average molecular weight is 244 g/mol. The number of hydrogen-bond donors (Lipinski definition) is 0. The van der Waals surface area contributed by atoms with Gasteiger partial charge in [0.15, 0.2) is 0 Å². The van der Waals surface area contributed by atoms with Crippen LogP contribution in [0.15, 0.2) is 24.8 Å². The Balaban J connectivity index is 2.65. The van der Waals surface area contributed by atoms with Crippen molar-refractivity contribution in [3.8, 4) is 0 Å². The van der Waals surface area contributed by atoms with E-state index in [1.807, 2.05) is 19.1 Å². The fourth-order valence-electron chi connectivity index (χ4n) is 1.26. The number of hydrogen-bond acceptors (Lipinski definition) is 2. The Morgan fingerprint density at radius 1 is 1.67 bits per heavy atom. The fraction of sp³-hybridized carbons (Fsp3) is 0.364. The van der Waals surface area contributed by atoms with Gasteiger partial charge in [-0.3, -0.25) is 4.79 Å². The summed E-state index contributed by atoms with van der Waals surface area (Å²) in [5, 5.41) is 0. The van der Waals surface area contributed by atoms with Crippen molar-refractivity contribution in [3.63, 3.8) is 0 Å². The summed E-state index contributed by atoms with van der Waals surface area (Å²) in [6, 6.07) is 3.80. The van der Waals surface area contributed by atoms with Gasteiger partial charge in [0, 0.05) is 17.8 Å². The van der Waals surface area contributed by atoms with E-state index in [1.165, 1.54) is 11.3 Å². The number of amides is 1. The molecule has 82 valence electrons. The molecule has 1 aromatic rings. The Hall–Kier alpha value is -0.800. The van der Waals surface area contributed by atoms with E-state index in [1.54, 1.807) is 11.0 Å². The van der Waals surface area contributed by atoms with Gasteiger partial charge in [0.25, 0.3) is 0 Å². The summed E-state index contributed by atoms with van der Waals surface area (Å²) in [5.74, 6) is 0.138. The van der Waals surface area contributed by atoms with Gasteiger partial charge >= 0.3 is 0 Å². The average Bonchev–Trinajstić information content (AvgIpc) is 2.62. The smallest absolute Gasteiger partial charge is 0.222 e. The Labute approximate surface area is 99.2 Å². The fourth-order valence-corrected chi connectivity index (χ4v) is 2.36. The number of carbonyl (C=O) groups is 1. The van der Waals surface area contributed by atoms with Crippen molar-refractivity contribution in [3.05, 3.63) is 34.0 Å². The summed E-state index contributed by atoms with van der Waals surface area (Å²) in [7, 11) is 0. The predicted molar refractivity (Wildman–Crippen MR) is 65.2 cm³/mol. The van der Waals surface area contributed by atoms with Crippen molar-refractivity contribution in [2.75, 3.05) is 6.54 Å². The molecule has 0 aliphatic rings. The van der Waals surface area contributed by atoms with Gasteiger partial charge in [0.1, 0.15) is 0 Å². The zero-order chi connectivity index (χ0) is 11.3. The first-order valence-electron chi connectivity index (χ1n) is 4.80. The third-order valence-electron chi connectivity index (χ3n) is 1.98. The highest BCUT2D eigenvalue weighted by Gasteiger charge is 2.11. The molecule has 1 aromatic heterocycles. The van der Waals surface area contributed by atoms with Gasteiger partial charge in [-0.05, 0) is 12.1 Å². The molecule has 0 bridgehead atoms. The van der Waals surface area contributed by atoms with E-state index in [2.05, 4.69) is 6.58 Å². The summed E-state index contributed by atoms with van der Waals surface area (Å²) >= 11 is 7.34. The van der Waals surface area contributed by atoms with Crippen molar-refractivity contribution >= 4 is 28.8 Å². The van der Waals surface area contributed by atoms with Crippen molar-refractivity contribution in [2.45, 2.75) is 19.9 Å². The van der Waals surface area contributed by atoms with Gasteiger partial charge in [0.05, 0.1) is 10.9 Å². The van der Waals surface area contributed by atoms with E-state index in [0.29, 0.717) is 19.5 Å². The molecule has 0 aromatic carbocycles. The standard InChI is InChI=1S/C11H14ClNOS/c1-3-7-13(11(14)4-2)8-9-5-6-10(12)15-9/h3,5-6H,1,4,7-8H2,2H3. The number of nitrogens with zero attached hydrogens (tertiary/aromatic N) is 1. The van der Waals surface area contributed by atoms with Gasteiger partial charge < -0.3 is 4.90 Å². The number of halogens is 1. The summed E-state index contributed by atoms with van der Waals surface area (Å²) in [4.78, 5) is 14.4. The molecule has 0 N–H and O–H groups in total. The molecule has 0 saturated carbocycles. The van der Waals surface area contributed by atoms with E-state index in [-0.39, 0.29) is 5.91 Å². The summed E-state index contributed by atoms with van der Waals surface area (Å²) in [6.45, 7) is 6.72. The maximum atomic E-state index is 11.6. The van der Waals surface area contributed by atoms with Crippen LogP contribution >= 0.6 is 22.9 Å². The Morgan fingerprint density at radius 3 is 2.87 bits per heavy atom. The van der Waals surface area contributed by atoms with Crippen LogP contribution < -0.4 is 0 Å². The van der Waals surface area contributed by atoms with Gasteiger partial charge in [-0.15, -0.1) is 17.9 Å². The van der Waals surface area contributed by atoms with Crippen LogP contribution in [0.5, 0.6) is 0 Å². The van der Waals surface area contributed by atoms with Gasteiger partial charge in [-0.2, -0.15) is 0 Å². The van der Waals surface area contributed by atoms with Crippen molar-refractivity contribution < 1.29 is 4.79 Å². The number of thiophene rings is 1. The zero-order valence-electron chi connectivity index (χ0n) is 8.70. The zero-order valence-corrected chi connectivity index (χ0v) is 10.3. The third kappa shape index (κ3) is 3.68. The molecule has 1 rings (SSSR count). The lowest BCUT2D eigenvalue weighted by Crippen LogP contribution is -2.29. The Morgan fingerprint density at radius 2 is 2.40 bits per heavy atom. The van der Waals surface area contributed by atoms with E-state index < -0.39 is 0 Å². The predicted octanol–water partition coefficient (Wildman–Crippen LogP) is 3.33. The minimum atomic E-state index is 0.138. The first kappa shape index (κ1) is 12.3. The monoisotopic (exact) mass is 243 g/mol. The molecule has 1 heterocycles. The van der Waals surface area contributed by atoms with Crippen LogP contribution in [-0.4, -0.2) is 17.4 Å². The highest BCUT2D eigenvalue weighted by molar-refractivity contribution is 7.16. The van der Waals surface area contributed by atoms with E-state index in [4.69, 9.17) is 11.6 Å². The van der Waals surface area contributed by atoms with E-state index >= 15 is 0 Å². The maximum absolute atomic E-state index is 11.6. The van der Waals surface area contributed by atoms with E-state index in [9.17, 15) is 4.79 Å². The minimum absolute atomic E-state index is 0.138. The van der Waals surface area contributed by atoms with Gasteiger partial charge in [0.2, 0.25) is 5.91 Å². The SMILES string of the molecule is C=CCN(Cc1ccc(Cl)s1)C(=O)CC. The lowest BCUT2D eigenvalue weighted by atomic mass is 10.3. The molecule has 0 fully saturated rings. The highest BCUT2D eigenvalue weighted by atomic mass is 35.5. The van der Waals surface area contributed by atoms with Gasteiger partial charge in [-0.1, -0.05) is 24.6 Å². The second-order valence-corrected chi connectivity index (χ2v) is 4.92. The van der Waals surface area contributed by atoms with Crippen LogP contribution in [0.4, 0.5) is 0 Å². The first-order valence-corrected chi connectivity index (χ1v) is 5.99. The molecule has 0 atom stereocenters. The quantitative estimate of drug-likeness (QED) is 0.727. The second kappa shape index (κ2) is 5.93. The van der Waals surface area contributed by atoms with E-state index in [0.717, 1.165) is 9.21 Å². The summed E-state index contributed by atoms with van der Waals surface area (Å²) in [5.41, 5.74) is 0. The normalized spacial score (nSPS) is 10.0. The molecule has 0 spiro atoms. The summed E-state index contributed by atoms with van der Waals surface area (Å²) < 4.78 is 0.757. The minimum Gasteiger partial charge on any atom is -0.334 e. The molecule has 1 amide bonds. The van der Waals surface area contributed by atoms with Gasteiger partial charge in [-0.25, -0.2) is 0 Å². The number of carbonyl (C=O) groups excluding carboxylic acids is 1. The lowest BCUT2D eigenvalue weighted by Gasteiger charge is -2.19. The largest absolute Gasteiger partial charge is 0.334 e. The molecule has 0 saturated heterocycles. The lowest BCUT2D eigenvalue weighted by molar-refractivity contribution is -0.130. The van der Waals surface area contributed by atoms with Crippen LogP contribution in [0.25, 0.3) is 0 Å². The highest BCUT2D eigenvalue weighted by Crippen LogP contribution is 2.22. The third-order valence-corrected chi connectivity index (χ3v) is 3.20.